The van der Waals surface area contributed by atoms with Gasteiger partial charge in [-0.25, -0.2) is 8.42 Å². The van der Waals surface area contributed by atoms with E-state index in [4.69, 9.17) is 4.74 Å². The van der Waals surface area contributed by atoms with E-state index in [1.807, 2.05) is 18.2 Å². The second kappa shape index (κ2) is 9.07. The molecule has 7 heteroatoms. The molecule has 1 heterocycles. The second-order valence-electron chi connectivity index (χ2n) is 7.70. The van der Waals surface area contributed by atoms with Crippen LogP contribution in [0.3, 0.4) is 0 Å². The zero-order chi connectivity index (χ0) is 21.0. The van der Waals surface area contributed by atoms with Gasteiger partial charge in [0.1, 0.15) is 0 Å². The predicted molar refractivity (Wildman–Crippen MR) is 112 cm³/mol. The Morgan fingerprint density at radius 3 is 2.21 bits per heavy atom. The molecule has 1 amide bonds. The summed E-state index contributed by atoms with van der Waals surface area (Å²) < 4.78 is 28.9. The van der Waals surface area contributed by atoms with Gasteiger partial charge in [0.25, 0.3) is 5.91 Å². The minimum Gasteiger partial charge on any atom is -0.373 e. The number of amides is 1. The molecule has 0 radical (unpaired) electrons. The van der Waals surface area contributed by atoms with Crippen molar-refractivity contribution in [3.63, 3.8) is 0 Å². The molecule has 1 aliphatic heterocycles. The maximum Gasteiger partial charge on any atom is 0.251 e. The Hall–Kier alpha value is -2.22. The molecule has 3 rings (SSSR count). The summed E-state index contributed by atoms with van der Waals surface area (Å²) in [5, 5.41) is 2.94. The Kier molecular flexibility index (Phi) is 6.72. The smallest absolute Gasteiger partial charge is 0.251 e. The third-order valence-corrected chi connectivity index (χ3v) is 6.12. The van der Waals surface area contributed by atoms with Crippen molar-refractivity contribution >= 4 is 15.7 Å². The Labute approximate surface area is 172 Å². The van der Waals surface area contributed by atoms with Crippen LogP contribution in [-0.2, 0) is 27.7 Å². The summed E-state index contributed by atoms with van der Waals surface area (Å²) >= 11 is 0. The first-order chi connectivity index (χ1) is 13.7. The zero-order valence-electron chi connectivity index (χ0n) is 17.1. The average Bonchev–Trinajstić information content (AvgIpc) is 2.65. The van der Waals surface area contributed by atoms with Crippen LogP contribution in [0, 0.1) is 0 Å². The summed E-state index contributed by atoms with van der Waals surface area (Å²) in [5.41, 5.74) is 2.69. The molecule has 1 saturated heterocycles. The molecule has 0 spiro atoms. The van der Waals surface area contributed by atoms with Crippen molar-refractivity contribution in [3.05, 3.63) is 65.2 Å². The minimum atomic E-state index is -3.27. The number of sulfone groups is 1. The van der Waals surface area contributed by atoms with Crippen molar-refractivity contribution < 1.29 is 17.9 Å². The summed E-state index contributed by atoms with van der Waals surface area (Å²) in [6.45, 7) is 7.18. The molecule has 0 saturated carbocycles. The Balaban J connectivity index is 1.64. The lowest BCUT2D eigenvalue weighted by molar-refractivity contribution is -0.0705. The van der Waals surface area contributed by atoms with E-state index in [0.29, 0.717) is 12.1 Å². The lowest BCUT2D eigenvalue weighted by Gasteiger charge is -2.35. The van der Waals surface area contributed by atoms with Crippen molar-refractivity contribution in [2.45, 2.75) is 44.0 Å². The molecule has 156 valence electrons. The van der Waals surface area contributed by atoms with Crippen LogP contribution < -0.4 is 5.32 Å². The Bertz CT molecular complexity index is 947. The summed E-state index contributed by atoms with van der Waals surface area (Å²) in [4.78, 5) is 15.1. The van der Waals surface area contributed by atoms with Crippen LogP contribution in [0.4, 0.5) is 0 Å². The molecule has 0 aliphatic carbocycles. The molecule has 0 aromatic heterocycles. The van der Waals surface area contributed by atoms with Gasteiger partial charge >= 0.3 is 0 Å². The minimum absolute atomic E-state index is 0.202. The number of hydrogen-bond donors (Lipinski definition) is 1. The fraction of sp³-hybridized carbons (Fsp3) is 0.409. The largest absolute Gasteiger partial charge is 0.373 e. The van der Waals surface area contributed by atoms with Crippen molar-refractivity contribution in [2.75, 3.05) is 19.3 Å². The van der Waals surface area contributed by atoms with Gasteiger partial charge in [-0.3, -0.25) is 9.69 Å². The molecule has 6 nitrogen and oxygen atoms in total. The number of ether oxygens (including phenoxy) is 1. The number of nitrogens with zero attached hydrogens (tertiary/aromatic N) is 1. The number of benzene rings is 2. The van der Waals surface area contributed by atoms with Crippen LogP contribution in [0.5, 0.6) is 0 Å². The summed E-state index contributed by atoms with van der Waals surface area (Å²) in [6, 6.07) is 14.1. The molecular formula is C22H28N2O4S. The van der Waals surface area contributed by atoms with E-state index in [1.165, 1.54) is 29.8 Å². The van der Waals surface area contributed by atoms with Crippen molar-refractivity contribution in [2.24, 2.45) is 0 Å². The molecule has 29 heavy (non-hydrogen) atoms. The van der Waals surface area contributed by atoms with Crippen LogP contribution in [0.1, 0.15) is 35.3 Å². The third-order valence-electron chi connectivity index (χ3n) is 4.99. The lowest BCUT2D eigenvalue weighted by Crippen LogP contribution is -2.45. The highest BCUT2D eigenvalue weighted by atomic mass is 32.2. The molecule has 0 unspecified atom stereocenters. The standard InChI is InChI=1S/C22H28N2O4S/c1-16-13-24(14-17(2)28-16)15-20-7-5-4-6-19(20)12-23-22(25)18-8-10-21(11-9-18)29(3,26)27/h4-11,16-17H,12-15H2,1-3H3,(H,23,25)/t16-,17-/m0/s1. The average molecular weight is 417 g/mol. The third kappa shape index (κ3) is 5.88. The molecule has 1 fully saturated rings. The van der Waals surface area contributed by atoms with Gasteiger partial charge in [0.15, 0.2) is 9.84 Å². The van der Waals surface area contributed by atoms with Gasteiger partial charge in [-0.1, -0.05) is 24.3 Å². The second-order valence-corrected chi connectivity index (χ2v) is 9.72. The van der Waals surface area contributed by atoms with Crippen LogP contribution in [0.2, 0.25) is 0 Å². The fourth-order valence-electron chi connectivity index (χ4n) is 3.67. The highest BCUT2D eigenvalue weighted by Gasteiger charge is 2.22. The summed E-state index contributed by atoms with van der Waals surface area (Å²) in [5.74, 6) is -0.228. The molecule has 0 bridgehead atoms. The van der Waals surface area contributed by atoms with Crippen LogP contribution in [0.25, 0.3) is 0 Å². The number of rotatable bonds is 6. The van der Waals surface area contributed by atoms with E-state index in [2.05, 4.69) is 30.1 Å². The van der Waals surface area contributed by atoms with Crippen molar-refractivity contribution in [1.82, 2.24) is 10.2 Å². The quantitative estimate of drug-likeness (QED) is 0.784. The van der Waals surface area contributed by atoms with Gasteiger partial charge in [0, 0.05) is 38.0 Å². The van der Waals surface area contributed by atoms with Crippen molar-refractivity contribution in [3.8, 4) is 0 Å². The monoisotopic (exact) mass is 416 g/mol. The molecule has 2 atom stereocenters. The first kappa shape index (κ1) is 21.5. The van der Waals surface area contributed by atoms with Crippen LogP contribution >= 0.6 is 0 Å². The van der Waals surface area contributed by atoms with E-state index < -0.39 is 9.84 Å². The van der Waals surface area contributed by atoms with Gasteiger partial charge < -0.3 is 10.1 Å². The SMILES string of the molecule is C[C@H]1CN(Cc2ccccc2CNC(=O)c2ccc(S(C)(=O)=O)cc2)C[C@H](C)O1. The van der Waals surface area contributed by atoms with Gasteiger partial charge in [0.2, 0.25) is 0 Å². The van der Waals surface area contributed by atoms with Gasteiger partial charge in [0.05, 0.1) is 17.1 Å². The lowest BCUT2D eigenvalue weighted by atomic mass is 10.1. The normalized spacial score (nSPS) is 20.4. The van der Waals surface area contributed by atoms with E-state index in [0.717, 1.165) is 31.5 Å². The molecule has 1 aliphatic rings. The highest BCUT2D eigenvalue weighted by molar-refractivity contribution is 7.90. The van der Waals surface area contributed by atoms with E-state index >= 15 is 0 Å². The fourth-order valence-corrected chi connectivity index (χ4v) is 4.30. The highest BCUT2D eigenvalue weighted by Crippen LogP contribution is 2.17. The molecule has 1 N–H and O–H groups in total. The number of carbonyl (C=O) groups is 1. The van der Waals surface area contributed by atoms with Gasteiger partial charge in [-0.05, 0) is 49.2 Å². The van der Waals surface area contributed by atoms with E-state index in [9.17, 15) is 13.2 Å². The number of morpholine rings is 1. The van der Waals surface area contributed by atoms with Crippen molar-refractivity contribution in [1.29, 1.82) is 0 Å². The molecule has 2 aromatic rings. The zero-order valence-corrected chi connectivity index (χ0v) is 17.9. The maximum absolute atomic E-state index is 12.5. The van der Waals surface area contributed by atoms with Gasteiger partial charge in [-0.15, -0.1) is 0 Å². The predicted octanol–water partition coefficient (Wildman–Crippen LogP) is 2.63. The molecular weight excluding hydrogens is 388 g/mol. The van der Waals surface area contributed by atoms with Crippen LogP contribution in [-0.4, -0.2) is 50.8 Å². The molecule has 2 aromatic carbocycles. The number of hydrogen-bond acceptors (Lipinski definition) is 5. The first-order valence-electron chi connectivity index (χ1n) is 9.75. The van der Waals surface area contributed by atoms with Gasteiger partial charge in [-0.2, -0.15) is 0 Å². The van der Waals surface area contributed by atoms with E-state index in [1.54, 1.807) is 0 Å². The summed E-state index contributed by atoms with van der Waals surface area (Å²) in [6.07, 6.45) is 1.57. The number of nitrogens with one attached hydrogen (secondary N) is 1. The Morgan fingerprint density at radius 2 is 1.62 bits per heavy atom. The maximum atomic E-state index is 12.5. The van der Waals surface area contributed by atoms with E-state index in [-0.39, 0.29) is 23.0 Å². The Morgan fingerprint density at radius 1 is 1.03 bits per heavy atom. The summed E-state index contributed by atoms with van der Waals surface area (Å²) in [7, 11) is -3.27. The number of carbonyl (C=O) groups excluding carboxylic acids is 1. The topological polar surface area (TPSA) is 75.7 Å². The van der Waals surface area contributed by atoms with Crippen LogP contribution in [0.15, 0.2) is 53.4 Å². The first-order valence-corrected chi connectivity index (χ1v) is 11.6.